The lowest BCUT2D eigenvalue weighted by atomic mass is 10.2. The van der Waals surface area contributed by atoms with Gasteiger partial charge in [0.2, 0.25) is 0 Å². The number of halogens is 8. The van der Waals surface area contributed by atoms with Crippen molar-refractivity contribution in [1.29, 1.82) is 0 Å². The van der Waals surface area contributed by atoms with Crippen LogP contribution >= 0.6 is 0 Å². The van der Waals surface area contributed by atoms with Crippen LogP contribution in [0.15, 0.2) is 12.2 Å². The van der Waals surface area contributed by atoms with Crippen LogP contribution in [-0.2, 0) is 29.2 Å². The maximum Gasteiger partial charge on any atom is 0.466 e. The van der Waals surface area contributed by atoms with E-state index >= 15 is 0 Å². The quantitative estimate of drug-likeness (QED) is 0.150. The topological polar surface area (TPSA) is 110 Å². The second-order valence-corrected chi connectivity index (χ2v) is 7.72. The number of rotatable bonds is 11. The summed E-state index contributed by atoms with van der Waals surface area (Å²) >= 11 is 0. The average molecular weight is 509 g/mol. The maximum absolute atomic E-state index is 13.8. The van der Waals surface area contributed by atoms with E-state index in [2.05, 4.69) is 16.1 Å². The van der Waals surface area contributed by atoms with Crippen LogP contribution < -0.4 is 0 Å². The largest absolute Gasteiger partial charge is 0.466 e. The minimum Gasteiger partial charge on any atom is -0.412 e. The van der Waals surface area contributed by atoms with Gasteiger partial charge in [-0.1, -0.05) is 20.4 Å². The molecule has 1 atom stereocenters. The number of carbonyl (C=O) groups excluding carboxylic acids is 2. The van der Waals surface area contributed by atoms with Crippen molar-refractivity contribution >= 4 is 22.0 Å². The summed E-state index contributed by atoms with van der Waals surface area (Å²) in [7, 11) is -6.39. The molecule has 1 N–H and O–H groups in total. The van der Waals surface area contributed by atoms with E-state index in [0.717, 1.165) is 0 Å². The monoisotopic (exact) mass is 509 g/mol. The van der Waals surface area contributed by atoms with E-state index in [0.29, 0.717) is 4.90 Å². The normalized spacial score (nSPS) is 15.1. The lowest BCUT2D eigenvalue weighted by Gasteiger charge is -2.37. The van der Waals surface area contributed by atoms with Crippen LogP contribution in [0.5, 0.6) is 0 Å². The van der Waals surface area contributed by atoms with Crippen LogP contribution in [0.25, 0.3) is 0 Å². The highest BCUT2D eigenvalue weighted by Gasteiger charge is 2.69. The van der Waals surface area contributed by atoms with Crippen molar-refractivity contribution in [3.63, 3.8) is 0 Å². The SMILES string of the molecule is C=C(C(=O)OC(OCC(F)(F)S(=O)(=O)O)(C(=O)N(CCC)CCC)C(F)(F)F)C(F)(F)F. The summed E-state index contributed by atoms with van der Waals surface area (Å²) in [6, 6.07) is 0. The summed E-state index contributed by atoms with van der Waals surface area (Å²) in [6.45, 7) is 1.02. The van der Waals surface area contributed by atoms with Gasteiger partial charge in [-0.05, 0) is 12.8 Å². The van der Waals surface area contributed by atoms with E-state index in [4.69, 9.17) is 4.55 Å². The van der Waals surface area contributed by atoms with Gasteiger partial charge >= 0.3 is 45.4 Å². The molecule has 8 nitrogen and oxygen atoms in total. The number of amides is 1. The van der Waals surface area contributed by atoms with Gasteiger partial charge in [-0.25, -0.2) is 4.79 Å². The molecule has 0 bridgehead atoms. The highest BCUT2D eigenvalue weighted by molar-refractivity contribution is 7.86. The number of carbonyl (C=O) groups is 2. The standard InChI is InChI=1S/C15H19F8NO7S/c1-4-6-24(7-5-2)11(26)13(15(21,22)23,30-8-12(16,17)32(27,28)29)31-10(25)9(3)14(18,19)20/h3-8H2,1-2H3,(H,27,28,29). The molecule has 0 aliphatic heterocycles. The van der Waals surface area contributed by atoms with Crippen molar-refractivity contribution in [1.82, 2.24) is 4.90 Å². The Balaban J connectivity index is 6.65. The number of esters is 1. The first kappa shape index (κ1) is 30.0. The van der Waals surface area contributed by atoms with E-state index in [1.807, 2.05) is 0 Å². The average Bonchev–Trinajstić information content (AvgIpc) is 2.60. The Labute approximate surface area is 176 Å². The van der Waals surface area contributed by atoms with Gasteiger partial charge in [-0.15, -0.1) is 0 Å². The second kappa shape index (κ2) is 10.3. The Morgan fingerprint density at radius 3 is 1.72 bits per heavy atom. The molecule has 0 radical (unpaired) electrons. The molecule has 1 unspecified atom stereocenters. The van der Waals surface area contributed by atoms with Crippen LogP contribution in [0, 0.1) is 0 Å². The Morgan fingerprint density at radius 2 is 1.41 bits per heavy atom. The van der Waals surface area contributed by atoms with Gasteiger partial charge in [0.15, 0.2) is 0 Å². The molecule has 0 aliphatic carbocycles. The summed E-state index contributed by atoms with van der Waals surface area (Å²) in [4.78, 5) is 24.6. The van der Waals surface area contributed by atoms with Gasteiger partial charge in [0.05, 0.1) is 0 Å². The molecule has 0 saturated heterocycles. The predicted molar refractivity (Wildman–Crippen MR) is 89.7 cm³/mol. The zero-order valence-corrected chi connectivity index (χ0v) is 17.3. The van der Waals surface area contributed by atoms with Crippen molar-refractivity contribution in [2.75, 3.05) is 19.7 Å². The van der Waals surface area contributed by atoms with E-state index < -0.39 is 70.7 Å². The molecule has 0 rings (SSSR count). The molecule has 0 aromatic rings. The fourth-order valence-electron chi connectivity index (χ4n) is 2.03. The first-order valence-electron chi connectivity index (χ1n) is 8.52. The highest BCUT2D eigenvalue weighted by Crippen LogP contribution is 2.40. The van der Waals surface area contributed by atoms with Gasteiger partial charge in [0.1, 0.15) is 12.2 Å². The molecule has 0 spiro atoms. The molecule has 0 fully saturated rings. The molecule has 0 aromatic carbocycles. The van der Waals surface area contributed by atoms with Gasteiger partial charge in [0.25, 0.3) is 0 Å². The van der Waals surface area contributed by atoms with E-state index in [1.165, 1.54) is 13.8 Å². The van der Waals surface area contributed by atoms with Crippen LogP contribution in [0.3, 0.4) is 0 Å². The van der Waals surface area contributed by atoms with Crippen molar-refractivity contribution in [3.8, 4) is 0 Å². The summed E-state index contributed by atoms with van der Waals surface area (Å²) in [5.74, 6) is -10.4. The fourth-order valence-corrected chi connectivity index (χ4v) is 2.23. The summed E-state index contributed by atoms with van der Waals surface area (Å²) in [5.41, 5.74) is -2.54. The molecule has 0 saturated carbocycles. The van der Waals surface area contributed by atoms with Gasteiger partial charge in [0, 0.05) is 13.1 Å². The van der Waals surface area contributed by atoms with Crippen molar-refractivity contribution in [3.05, 3.63) is 12.2 Å². The zero-order chi connectivity index (χ0) is 25.8. The number of alkyl halides is 8. The molecule has 0 aliphatic rings. The van der Waals surface area contributed by atoms with Gasteiger partial charge < -0.3 is 14.4 Å². The summed E-state index contributed by atoms with van der Waals surface area (Å²) in [5, 5.41) is -5.46. The molecule has 188 valence electrons. The Bertz CT molecular complexity index is 804. The lowest BCUT2D eigenvalue weighted by Crippen LogP contribution is -2.63. The Hall–Kier alpha value is -2.01. The summed E-state index contributed by atoms with van der Waals surface area (Å²) in [6.07, 6.45) is -12.0. The van der Waals surface area contributed by atoms with Crippen LogP contribution in [-0.4, -0.2) is 72.8 Å². The predicted octanol–water partition coefficient (Wildman–Crippen LogP) is 3.05. The van der Waals surface area contributed by atoms with Crippen molar-refractivity contribution in [2.45, 2.75) is 50.1 Å². The number of hydrogen-bond acceptors (Lipinski definition) is 6. The van der Waals surface area contributed by atoms with Crippen LogP contribution in [0.1, 0.15) is 26.7 Å². The number of ether oxygens (including phenoxy) is 2. The molecule has 0 heterocycles. The van der Waals surface area contributed by atoms with Crippen LogP contribution in [0.2, 0.25) is 0 Å². The minimum absolute atomic E-state index is 0.0237. The lowest BCUT2D eigenvalue weighted by molar-refractivity contribution is -0.356. The molecule has 17 heteroatoms. The molecule has 1 amide bonds. The van der Waals surface area contributed by atoms with Crippen molar-refractivity contribution in [2.24, 2.45) is 0 Å². The Morgan fingerprint density at radius 1 is 0.969 bits per heavy atom. The molecule has 32 heavy (non-hydrogen) atoms. The van der Waals surface area contributed by atoms with Crippen molar-refractivity contribution < 1.29 is 67.2 Å². The third kappa shape index (κ3) is 6.99. The smallest absolute Gasteiger partial charge is 0.412 e. The van der Waals surface area contributed by atoms with E-state index in [9.17, 15) is 53.1 Å². The zero-order valence-electron chi connectivity index (χ0n) is 16.5. The molecule has 0 aromatic heterocycles. The van der Waals surface area contributed by atoms with Crippen LogP contribution in [0.4, 0.5) is 35.1 Å². The molecular formula is C15H19F8NO7S. The minimum atomic E-state index is -6.39. The Kier molecular flexibility index (Phi) is 9.64. The first-order valence-corrected chi connectivity index (χ1v) is 9.96. The second-order valence-electron chi connectivity index (χ2n) is 6.17. The maximum atomic E-state index is 13.8. The third-order valence-electron chi connectivity index (χ3n) is 3.57. The number of nitrogens with zero attached hydrogens (tertiary/aromatic N) is 1. The van der Waals surface area contributed by atoms with E-state index in [1.54, 1.807) is 0 Å². The van der Waals surface area contributed by atoms with Gasteiger partial charge in [-0.2, -0.15) is 43.5 Å². The first-order chi connectivity index (χ1) is 14.2. The van der Waals surface area contributed by atoms with Gasteiger partial charge in [-0.3, -0.25) is 9.35 Å². The number of hydrogen-bond donors (Lipinski definition) is 1. The highest BCUT2D eigenvalue weighted by atomic mass is 32.2. The van der Waals surface area contributed by atoms with E-state index in [-0.39, 0.29) is 12.8 Å². The fraction of sp³-hybridized carbons (Fsp3) is 0.733. The summed E-state index contributed by atoms with van der Waals surface area (Å²) < 4.78 is 144. The molecular weight excluding hydrogens is 490 g/mol. The third-order valence-corrected chi connectivity index (χ3v) is 4.45.